The van der Waals surface area contributed by atoms with Crippen molar-refractivity contribution in [2.75, 3.05) is 38.0 Å². The van der Waals surface area contributed by atoms with Crippen LogP contribution in [0.5, 0.6) is 5.75 Å². The molecule has 3 atom stereocenters. The van der Waals surface area contributed by atoms with E-state index in [4.69, 9.17) is 4.74 Å². The highest BCUT2D eigenvalue weighted by molar-refractivity contribution is 7.92. The first-order valence-electron chi connectivity index (χ1n) is 14.1. The summed E-state index contributed by atoms with van der Waals surface area (Å²) in [4.78, 5) is 17.8. The second kappa shape index (κ2) is 12.7. The Morgan fingerprint density at radius 2 is 1.79 bits per heavy atom. The van der Waals surface area contributed by atoms with Gasteiger partial charge < -0.3 is 19.6 Å². The number of aryl methyl sites for hydroxylation is 1. The number of fused-ring (bicyclic) bond motifs is 1. The number of carbonyl (C=O) groups excluding carboxylic acids is 1. The smallest absolute Gasteiger partial charge is 0.262 e. The number of hydrogen-bond acceptors (Lipinski definition) is 6. The summed E-state index contributed by atoms with van der Waals surface area (Å²) in [5.74, 6) is 0.565. The molecule has 2 N–H and O–H groups in total. The van der Waals surface area contributed by atoms with Crippen molar-refractivity contribution < 1.29 is 23.1 Å². The molecule has 1 heterocycles. The third kappa shape index (κ3) is 7.13. The van der Waals surface area contributed by atoms with Gasteiger partial charge in [-0.3, -0.25) is 9.52 Å². The number of benzene rings is 2. The van der Waals surface area contributed by atoms with Gasteiger partial charge in [-0.25, -0.2) is 8.42 Å². The van der Waals surface area contributed by atoms with E-state index >= 15 is 0 Å². The third-order valence-corrected chi connectivity index (χ3v) is 9.43. The predicted molar refractivity (Wildman–Crippen MR) is 154 cm³/mol. The van der Waals surface area contributed by atoms with Gasteiger partial charge in [0.2, 0.25) is 0 Å². The highest BCUT2D eigenvalue weighted by atomic mass is 32.2. The molecule has 0 spiro atoms. The van der Waals surface area contributed by atoms with Gasteiger partial charge in [-0.1, -0.05) is 49.9 Å². The van der Waals surface area contributed by atoms with Crippen molar-refractivity contribution in [2.45, 2.75) is 69.9 Å². The Labute approximate surface area is 233 Å². The maximum Gasteiger partial charge on any atom is 0.262 e. The highest BCUT2D eigenvalue weighted by Gasteiger charge is 2.35. The topological polar surface area (TPSA) is 99.2 Å². The van der Waals surface area contributed by atoms with Crippen LogP contribution in [0.25, 0.3) is 0 Å². The molecule has 0 aromatic heterocycles. The van der Waals surface area contributed by atoms with Gasteiger partial charge in [-0.15, -0.1) is 0 Å². The van der Waals surface area contributed by atoms with Gasteiger partial charge in [0.05, 0.1) is 28.8 Å². The lowest BCUT2D eigenvalue weighted by Gasteiger charge is -2.39. The highest BCUT2D eigenvalue weighted by Crippen LogP contribution is 2.36. The van der Waals surface area contributed by atoms with E-state index in [1.54, 1.807) is 47.4 Å². The Morgan fingerprint density at radius 1 is 1.10 bits per heavy atom. The zero-order valence-corrected chi connectivity index (χ0v) is 24.4. The maximum atomic E-state index is 13.7. The normalized spacial score (nSPS) is 21.6. The number of rotatable bonds is 9. The number of likely N-dealkylation sites (N-methyl/N-ethyl adjacent to an activating group) is 1. The van der Waals surface area contributed by atoms with Crippen molar-refractivity contribution in [3.63, 3.8) is 0 Å². The number of aliphatic hydroxyl groups excluding tert-OH is 1. The van der Waals surface area contributed by atoms with E-state index in [1.165, 1.54) is 32.1 Å². The quantitative estimate of drug-likeness (QED) is 0.470. The third-order valence-electron chi connectivity index (χ3n) is 8.05. The van der Waals surface area contributed by atoms with Crippen LogP contribution >= 0.6 is 0 Å². The van der Waals surface area contributed by atoms with Gasteiger partial charge in [0.15, 0.2) is 5.75 Å². The molecule has 2 aromatic rings. The average molecular weight is 558 g/mol. The van der Waals surface area contributed by atoms with E-state index in [0.29, 0.717) is 19.0 Å². The average Bonchev–Trinajstić information content (AvgIpc) is 2.91. The fraction of sp³-hybridized carbons (Fsp3) is 0.567. The van der Waals surface area contributed by atoms with Crippen molar-refractivity contribution in [3.05, 3.63) is 53.6 Å². The number of ether oxygens (including phenoxy) is 1. The second-order valence-electron chi connectivity index (χ2n) is 11.4. The Bertz CT molecular complexity index is 1230. The molecule has 9 heteroatoms. The number of sulfonamides is 1. The van der Waals surface area contributed by atoms with Crippen LogP contribution in [0.4, 0.5) is 5.69 Å². The molecule has 0 bridgehead atoms. The lowest BCUT2D eigenvalue weighted by molar-refractivity contribution is 0.0333. The number of carbonyl (C=O) groups is 1. The molecule has 2 aromatic carbocycles. The predicted octanol–water partition coefficient (Wildman–Crippen LogP) is 4.53. The summed E-state index contributed by atoms with van der Waals surface area (Å²) in [6.45, 7) is 7.66. The van der Waals surface area contributed by atoms with Gasteiger partial charge in [-0.2, -0.15) is 0 Å². The van der Waals surface area contributed by atoms with Crippen molar-refractivity contribution in [1.82, 2.24) is 9.80 Å². The zero-order chi connectivity index (χ0) is 28.2. The number of anilines is 1. The molecule has 214 valence electrons. The Kier molecular flexibility index (Phi) is 9.56. The van der Waals surface area contributed by atoms with Crippen LogP contribution in [0.15, 0.2) is 47.4 Å². The van der Waals surface area contributed by atoms with Gasteiger partial charge in [-0.05, 0) is 63.9 Å². The molecule has 39 heavy (non-hydrogen) atoms. The molecule has 1 aliphatic carbocycles. The minimum Gasteiger partial charge on any atom is -0.486 e. The summed E-state index contributed by atoms with van der Waals surface area (Å²) in [7, 11) is -1.81. The van der Waals surface area contributed by atoms with E-state index in [0.717, 1.165) is 12.1 Å². The van der Waals surface area contributed by atoms with Crippen LogP contribution in [0.3, 0.4) is 0 Å². The summed E-state index contributed by atoms with van der Waals surface area (Å²) >= 11 is 0. The number of para-hydroxylation sites is 1. The molecule has 0 unspecified atom stereocenters. The lowest BCUT2D eigenvalue weighted by Crippen LogP contribution is -2.50. The van der Waals surface area contributed by atoms with Crippen LogP contribution in [0.1, 0.15) is 61.9 Å². The molecule has 0 radical (unpaired) electrons. The number of aliphatic hydroxyl groups is 1. The molecular weight excluding hydrogens is 514 g/mol. The number of nitrogens with zero attached hydrogens (tertiary/aromatic N) is 2. The SMILES string of the molecule is Cc1ccc(S(=O)(=O)Nc2cccc3c2O[C@@H](CN(C)CC2CCCCC2)[C@@H](C)CN([C@@H](C)CO)C3=O)cc1. The number of nitrogens with one attached hydrogen (secondary N) is 1. The minimum absolute atomic E-state index is 0.0494. The molecule has 8 nitrogen and oxygen atoms in total. The van der Waals surface area contributed by atoms with Crippen molar-refractivity contribution in [1.29, 1.82) is 0 Å². The maximum absolute atomic E-state index is 13.7. The van der Waals surface area contributed by atoms with Crippen LogP contribution < -0.4 is 9.46 Å². The van der Waals surface area contributed by atoms with Crippen LogP contribution in [-0.2, 0) is 10.0 Å². The first-order chi connectivity index (χ1) is 18.6. The number of amides is 1. The molecule has 2 aliphatic rings. The first kappa shape index (κ1) is 29.4. The fourth-order valence-electron chi connectivity index (χ4n) is 5.65. The lowest BCUT2D eigenvalue weighted by atomic mass is 9.89. The zero-order valence-electron chi connectivity index (χ0n) is 23.6. The summed E-state index contributed by atoms with van der Waals surface area (Å²) in [5.41, 5.74) is 1.47. The van der Waals surface area contributed by atoms with E-state index in [-0.39, 0.29) is 52.5 Å². The molecule has 1 amide bonds. The molecule has 0 saturated heterocycles. The fourth-order valence-corrected chi connectivity index (χ4v) is 6.72. The van der Waals surface area contributed by atoms with Gasteiger partial charge in [0, 0.05) is 25.6 Å². The largest absolute Gasteiger partial charge is 0.486 e. The molecule has 4 rings (SSSR count). The second-order valence-corrected chi connectivity index (χ2v) is 13.1. The van der Waals surface area contributed by atoms with Crippen molar-refractivity contribution >= 4 is 21.6 Å². The summed E-state index contributed by atoms with van der Waals surface area (Å²) in [5, 5.41) is 9.92. The van der Waals surface area contributed by atoms with Gasteiger partial charge in [0.25, 0.3) is 15.9 Å². The van der Waals surface area contributed by atoms with Gasteiger partial charge >= 0.3 is 0 Å². The Hall–Kier alpha value is -2.62. The monoisotopic (exact) mass is 557 g/mol. The van der Waals surface area contributed by atoms with E-state index < -0.39 is 10.0 Å². The first-order valence-corrected chi connectivity index (χ1v) is 15.6. The van der Waals surface area contributed by atoms with Crippen molar-refractivity contribution in [2.24, 2.45) is 11.8 Å². The Balaban J connectivity index is 1.68. The Morgan fingerprint density at radius 3 is 2.46 bits per heavy atom. The van der Waals surface area contributed by atoms with E-state index in [9.17, 15) is 18.3 Å². The van der Waals surface area contributed by atoms with E-state index in [2.05, 4.69) is 16.7 Å². The standard InChI is InChI=1S/C30H43N3O5S/c1-21-13-15-25(16-14-21)39(36,37)31-27-12-8-11-26-29(27)38-28(19-32(4)18-24-9-6-5-7-10-24)22(2)17-33(30(26)35)23(3)20-34/h8,11-16,22-24,28,31,34H,5-7,9-10,17-20H2,1-4H3/t22-,23-,28-/m0/s1. The summed E-state index contributed by atoms with van der Waals surface area (Å²) in [6.07, 6.45) is 6.08. The molecule has 1 aliphatic heterocycles. The van der Waals surface area contributed by atoms with Crippen LogP contribution in [0.2, 0.25) is 0 Å². The summed E-state index contributed by atoms with van der Waals surface area (Å²) < 4.78 is 35.9. The van der Waals surface area contributed by atoms with Crippen molar-refractivity contribution in [3.8, 4) is 5.75 Å². The van der Waals surface area contributed by atoms with E-state index in [1.807, 2.05) is 20.8 Å². The van der Waals surface area contributed by atoms with Gasteiger partial charge in [0.1, 0.15) is 6.10 Å². The molecular formula is C30H43N3O5S. The minimum atomic E-state index is -3.92. The number of hydrogen-bond donors (Lipinski definition) is 2. The molecule has 1 saturated carbocycles. The van der Waals surface area contributed by atoms with Crippen LogP contribution in [0, 0.1) is 18.8 Å². The van der Waals surface area contributed by atoms with Crippen LogP contribution in [-0.4, -0.2) is 74.7 Å². The molecule has 1 fully saturated rings. The summed E-state index contributed by atoms with van der Waals surface area (Å²) in [6, 6.07) is 11.2.